The minimum Gasteiger partial charge on any atom is -0.389 e. The van der Waals surface area contributed by atoms with Crippen LogP contribution < -0.4 is 15.8 Å². The number of carbonyl (C=O) groups is 2. The molecule has 0 bridgehead atoms. The number of carbonyl (C=O) groups excluding carboxylic acids is 2. The summed E-state index contributed by atoms with van der Waals surface area (Å²) in [7, 11) is 0. The Kier molecular flexibility index (Phi) is 10.7. The highest BCUT2D eigenvalue weighted by Crippen LogP contribution is 2.32. The summed E-state index contributed by atoms with van der Waals surface area (Å²) in [6.45, 7) is 7.94. The van der Waals surface area contributed by atoms with Crippen LogP contribution in [0.15, 0.2) is 29.3 Å². The first-order chi connectivity index (χ1) is 21.4. The number of pyridine rings is 2. The van der Waals surface area contributed by atoms with Crippen LogP contribution in [-0.4, -0.2) is 80.4 Å². The molecule has 2 fully saturated rings. The van der Waals surface area contributed by atoms with Crippen molar-refractivity contribution in [2.45, 2.75) is 84.1 Å². The largest absolute Gasteiger partial charge is 0.389 e. The van der Waals surface area contributed by atoms with Crippen molar-refractivity contribution in [3.05, 3.63) is 46.0 Å². The van der Waals surface area contributed by atoms with Crippen LogP contribution in [0.3, 0.4) is 0 Å². The van der Waals surface area contributed by atoms with E-state index in [0.29, 0.717) is 29.4 Å². The Hall–Kier alpha value is -3.70. The van der Waals surface area contributed by atoms with Gasteiger partial charge in [0.15, 0.2) is 11.6 Å². The van der Waals surface area contributed by atoms with Gasteiger partial charge in [0.2, 0.25) is 5.95 Å². The molecule has 1 aliphatic carbocycles. The number of aliphatic hydroxyl groups is 1. The number of ketones is 2. The van der Waals surface area contributed by atoms with E-state index in [1.807, 2.05) is 12.3 Å². The zero-order valence-corrected chi connectivity index (χ0v) is 26.1. The number of aromatic nitrogens is 4. The number of unbranched alkanes of at least 4 members (excludes halogenated alkanes) is 4. The Balaban J connectivity index is 1.16. The van der Waals surface area contributed by atoms with Gasteiger partial charge in [0.1, 0.15) is 18.1 Å². The topological polar surface area (TPSA) is 134 Å². The van der Waals surface area contributed by atoms with Gasteiger partial charge in [-0.25, -0.2) is 9.97 Å². The van der Waals surface area contributed by atoms with Crippen molar-refractivity contribution in [3.63, 3.8) is 0 Å². The third kappa shape index (κ3) is 7.50. The van der Waals surface area contributed by atoms with E-state index in [4.69, 9.17) is 10.1 Å². The van der Waals surface area contributed by atoms with Crippen molar-refractivity contribution in [1.29, 1.82) is 0 Å². The molecule has 11 heteroatoms. The number of rotatable bonds is 14. The van der Waals surface area contributed by atoms with E-state index < -0.39 is 0 Å². The van der Waals surface area contributed by atoms with Crippen LogP contribution in [0.4, 0.5) is 17.5 Å². The molecule has 2 aliphatic rings. The minimum absolute atomic E-state index is 0.0326. The van der Waals surface area contributed by atoms with Crippen LogP contribution in [0.2, 0.25) is 0 Å². The predicted octanol–water partition coefficient (Wildman–Crippen LogP) is 4.58. The number of nitrogens with one attached hydrogen (secondary N) is 1. The van der Waals surface area contributed by atoms with E-state index in [9.17, 15) is 14.4 Å². The summed E-state index contributed by atoms with van der Waals surface area (Å²) in [5.41, 5.74) is 2.24. The SMILES string of the molecule is CC(=O)c1c(C)c2cnc(Nc3ccc(N4CCN(CCCCCCCC(=O)CO)CC4)cn3)nc2n(C2CCCC2)c1=O. The Morgan fingerprint density at radius 3 is 2.39 bits per heavy atom. The minimum atomic E-state index is -0.334. The number of hydrogen-bond donors (Lipinski definition) is 2. The summed E-state index contributed by atoms with van der Waals surface area (Å²) in [5.74, 6) is 0.702. The molecule has 0 unspecified atom stereocenters. The molecule has 0 radical (unpaired) electrons. The van der Waals surface area contributed by atoms with Gasteiger partial charge in [0.05, 0.1) is 17.4 Å². The first-order valence-corrected chi connectivity index (χ1v) is 16.1. The third-order valence-electron chi connectivity index (χ3n) is 9.08. The number of Topliss-reactive ketones (excluding diaryl/α,β-unsaturated/α-hetero) is 2. The number of hydrogen-bond acceptors (Lipinski definition) is 10. The molecule has 3 aromatic heterocycles. The summed E-state index contributed by atoms with van der Waals surface area (Å²) in [6, 6.07) is 4.02. The predicted molar refractivity (Wildman–Crippen MR) is 172 cm³/mol. The lowest BCUT2D eigenvalue weighted by Gasteiger charge is -2.36. The highest BCUT2D eigenvalue weighted by Gasteiger charge is 2.26. The molecule has 5 rings (SSSR count). The maximum Gasteiger partial charge on any atom is 0.263 e. The molecule has 44 heavy (non-hydrogen) atoms. The molecule has 4 heterocycles. The molecular formula is C33H45N7O4. The summed E-state index contributed by atoms with van der Waals surface area (Å²) in [6.07, 6.45) is 13.4. The van der Waals surface area contributed by atoms with E-state index in [-0.39, 0.29) is 35.3 Å². The average molecular weight is 604 g/mol. The lowest BCUT2D eigenvalue weighted by Crippen LogP contribution is -2.46. The Labute approximate surface area is 258 Å². The Morgan fingerprint density at radius 1 is 0.977 bits per heavy atom. The van der Waals surface area contributed by atoms with Gasteiger partial charge in [-0.15, -0.1) is 0 Å². The van der Waals surface area contributed by atoms with Gasteiger partial charge in [-0.05, 0) is 63.8 Å². The molecule has 0 atom stereocenters. The van der Waals surface area contributed by atoms with Crippen LogP contribution in [0, 0.1) is 6.92 Å². The first kappa shape index (κ1) is 31.7. The molecule has 11 nitrogen and oxygen atoms in total. The van der Waals surface area contributed by atoms with Crippen molar-refractivity contribution in [2.75, 3.05) is 49.5 Å². The van der Waals surface area contributed by atoms with E-state index in [0.717, 1.165) is 88.7 Å². The zero-order chi connectivity index (χ0) is 31.1. The second kappa shape index (κ2) is 14.9. The van der Waals surface area contributed by atoms with Crippen LogP contribution in [0.1, 0.15) is 93.1 Å². The number of anilines is 3. The lowest BCUT2D eigenvalue weighted by molar-refractivity contribution is -0.121. The van der Waals surface area contributed by atoms with Crippen molar-refractivity contribution < 1.29 is 14.7 Å². The number of nitrogens with zero attached hydrogens (tertiary/aromatic N) is 6. The molecular weight excluding hydrogens is 558 g/mol. The van der Waals surface area contributed by atoms with Crippen molar-refractivity contribution in [3.8, 4) is 0 Å². The molecule has 236 valence electrons. The van der Waals surface area contributed by atoms with Crippen molar-refractivity contribution in [2.24, 2.45) is 0 Å². The highest BCUT2D eigenvalue weighted by molar-refractivity contribution is 5.99. The Morgan fingerprint density at radius 2 is 1.70 bits per heavy atom. The standard InChI is InChI=1S/C33H45N7O4/c1-23-28-21-35-33(37-31(28)40(25-10-7-8-11-25)32(44)30(23)24(2)42)36-29-14-13-26(20-34-29)39-18-16-38(17-19-39)15-9-5-3-4-6-12-27(43)22-41/h13-14,20-21,25,41H,3-12,15-19,22H2,1-2H3,(H,34,35,36,37). The van der Waals surface area contributed by atoms with Gasteiger partial charge in [-0.3, -0.25) is 23.9 Å². The molecule has 0 amide bonds. The van der Waals surface area contributed by atoms with Gasteiger partial charge in [-0.1, -0.05) is 32.1 Å². The second-order valence-electron chi connectivity index (χ2n) is 12.2. The monoisotopic (exact) mass is 603 g/mol. The molecule has 1 saturated heterocycles. The van der Waals surface area contributed by atoms with Gasteiger partial charge in [0.25, 0.3) is 5.56 Å². The molecule has 0 aromatic carbocycles. The van der Waals surface area contributed by atoms with Crippen molar-refractivity contribution >= 4 is 40.1 Å². The van der Waals surface area contributed by atoms with E-state index in [1.165, 1.54) is 19.8 Å². The van der Waals surface area contributed by atoms with Crippen LogP contribution >= 0.6 is 0 Å². The third-order valence-corrected chi connectivity index (χ3v) is 9.08. The van der Waals surface area contributed by atoms with Crippen LogP contribution in [0.5, 0.6) is 0 Å². The van der Waals surface area contributed by atoms with Gasteiger partial charge in [0, 0.05) is 50.2 Å². The molecule has 1 aliphatic heterocycles. The fraction of sp³-hybridized carbons (Fsp3) is 0.576. The summed E-state index contributed by atoms with van der Waals surface area (Å²) < 4.78 is 1.72. The average Bonchev–Trinajstić information content (AvgIpc) is 3.55. The maximum atomic E-state index is 13.5. The number of aliphatic hydroxyl groups excluding tert-OH is 1. The van der Waals surface area contributed by atoms with Gasteiger partial charge >= 0.3 is 0 Å². The van der Waals surface area contributed by atoms with Crippen LogP contribution in [-0.2, 0) is 4.79 Å². The van der Waals surface area contributed by atoms with Crippen molar-refractivity contribution in [1.82, 2.24) is 24.4 Å². The molecule has 0 spiro atoms. The van der Waals surface area contributed by atoms with Gasteiger partial charge in [-0.2, -0.15) is 4.98 Å². The fourth-order valence-electron chi connectivity index (χ4n) is 6.57. The summed E-state index contributed by atoms with van der Waals surface area (Å²) in [4.78, 5) is 55.8. The van der Waals surface area contributed by atoms with E-state index >= 15 is 0 Å². The van der Waals surface area contributed by atoms with Gasteiger partial charge < -0.3 is 15.3 Å². The number of piperazine rings is 1. The second-order valence-corrected chi connectivity index (χ2v) is 12.2. The zero-order valence-electron chi connectivity index (χ0n) is 26.1. The van der Waals surface area contributed by atoms with Crippen LogP contribution in [0.25, 0.3) is 11.0 Å². The number of aryl methyl sites for hydroxylation is 1. The maximum absolute atomic E-state index is 13.5. The Bertz CT molecular complexity index is 1510. The molecule has 2 N–H and O–H groups in total. The summed E-state index contributed by atoms with van der Waals surface area (Å²) in [5, 5.41) is 12.7. The molecule has 3 aromatic rings. The van der Waals surface area contributed by atoms with E-state index in [1.54, 1.807) is 17.7 Å². The normalized spacial score (nSPS) is 16.1. The fourth-order valence-corrected chi connectivity index (χ4v) is 6.57. The number of fused-ring (bicyclic) bond motifs is 1. The summed E-state index contributed by atoms with van der Waals surface area (Å²) >= 11 is 0. The lowest BCUT2D eigenvalue weighted by atomic mass is 10.0. The highest BCUT2D eigenvalue weighted by atomic mass is 16.3. The smallest absolute Gasteiger partial charge is 0.263 e. The first-order valence-electron chi connectivity index (χ1n) is 16.1. The quantitative estimate of drug-likeness (QED) is 0.199. The van der Waals surface area contributed by atoms with E-state index in [2.05, 4.69) is 31.2 Å². The molecule has 1 saturated carbocycles.